The molecule has 0 aliphatic rings. The number of benzene rings is 3. The van der Waals surface area contributed by atoms with Gasteiger partial charge in [-0.15, -0.1) is 0 Å². The minimum Gasteiger partial charge on any atom is -0.497 e. The van der Waals surface area contributed by atoms with E-state index in [1.165, 1.54) is 12.0 Å². The van der Waals surface area contributed by atoms with Gasteiger partial charge < -0.3 is 15.0 Å². The molecule has 0 heterocycles. The van der Waals surface area contributed by atoms with Crippen LogP contribution in [0, 0.1) is 5.82 Å². The highest BCUT2D eigenvalue weighted by molar-refractivity contribution is 7.92. The van der Waals surface area contributed by atoms with Crippen LogP contribution >= 0.6 is 0 Å². The summed E-state index contributed by atoms with van der Waals surface area (Å²) in [6, 6.07) is 19.0. The highest BCUT2D eigenvalue weighted by Crippen LogP contribution is 2.25. The van der Waals surface area contributed by atoms with Crippen molar-refractivity contribution >= 4 is 27.5 Å². The molecule has 0 bridgehead atoms. The van der Waals surface area contributed by atoms with Crippen LogP contribution in [0.1, 0.15) is 38.7 Å². The van der Waals surface area contributed by atoms with Gasteiger partial charge in [-0.1, -0.05) is 50.6 Å². The minimum absolute atomic E-state index is 0.0644. The molecule has 1 atom stereocenters. The van der Waals surface area contributed by atoms with Crippen molar-refractivity contribution in [3.63, 3.8) is 0 Å². The average molecular weight is 570 g/mol. The van der Waals surface area contributed by atoms with E-state index in [1.807, 2.05) is 13.0 Å². The number of para-hydroxylation sites is 1. The Balaban J connectivity index is 2.01. The van der Waals surface area contributed by atoms with E-state index in [0.29, 0.717) is 18.7 Å². The maximum absolute atomic E-state index is 14.0. The van der Waals surface area contributed by atoms with Crippen molar-refractivity contribution < 1.29 is 27.1 Å². The molecule has 0 spiro atoms. The van der Waals surface area contributed by atoms with Crippen molar-refractivity contribution in [1.82, 2.24) is 10.2 Å². The molecule has 0 unspecified atom stereocenters. The number of nitrogens with zero attached hydrogens (tertiary/aromatic N) is 2. The quantitative estimate of drug-likeness (QED) is 0.283. The number of ether oxygens (including phenoxy) is 1. The molecular weight excluding hydrogens is 533 g/mol. The summed E-state index contributed by atoms with van der Waals surface area (Å²) < 4.78 is 47.3. The molecule has 214 valence electrons. The normalized spacial score (nSPS) is 11.9. The van der Waals surface area contributed by atoms with Crippen LogP contribution in [0.2, 0.25) is 0 Å². The maximum Gasteiger partial charge on any atom is 0.264 e. The zero-order valence-corrected chi connectivity index (χ0v) is 23.9. The van der Waals surface area contributed by atoms with Gasteiger partial charge in [0.2, 0.25) is 11.8 Å². The average Bonchev–Trinajstić information content (AvgIpc) is 2.96. The number of sulfonamides is 1. The van der Waals surface area contributed by atoms with Crippen LogP contribution in [0.15, 0.2) is 83.8 Å². The molecule has 1 N–H and O–H groups in total. The SMILES string of the molecule is CCCCNC(=O)[C@@H](CC)N(Cc1cccc(OC)c1)C(=O)CN(c1ccccc1)S(=O)(=O)c1ccc(F)cc1. The molecule has 0 saturated heterocycles. The van der Waals surface area contributed by atoms with Crippen LogP contribution in [0.25, 0.3) is 0 Å². The van der Waals surface area contributed by atoms with Crippen molar-refractivity contribution in [2.45, 2.75) is 50.6 Å². The molecule has 10 heteroatoms. The number of rotatable bonds is 14. The van der Waals surface area contributed by atoms with Gasteiger partial charge in [-0.05, 0) is 66.9 Å². The summed E-state index contributed by atoms with van der Waals surface area (Å²) in [7, 11) is -2.72. The molecule has 0 aliphatic heterocycles. The van der Waals surface area contributed by atoms with Gasteiger partial charge in [-0.3, -0.25) is 13.9 Å². The van der Waals surface area contributed by atoms with E-state index in [1.54, 1.807) is 55.5 Å². The van der Waals surface area contributed by atoms with Crippen LogP contribution in [-0.2, 0) is 26.2 Å². The summed E-state index contributed by atoms with van der Waals surface area (Å²) in [4.78, 5) is 28.5. The standard InChI is InChI=1S/C30H36FN3O5S/c1-4-6-19-32-30(36)28(5-2)33(21-23-11-10-14-26(20-23)39-3)29(35)22-34(25-12-8-7-9-13-25)40(37,38)27-17-15-24(31)16-18-27/h7-18,20,28H,4-6,19,21-22H2,1-3H3,(H,32,36)/t28-/m1/s1. The smallest absolute Gasteiger partial charge is 0.264 e. The highest BCUT2D eigenvalue weighted by Gasteiger charge is 2.33. The lowest BCUT2D eigenvalue weighted by Crippen LogP contribution is -2.52. The number of anilines is 1. The minimum atomic E-state index is -4.25. The Labute approximate surface area is 235 Å². The lowest BCUT2D eigenvalue weighted by Gasteiger charge is -2.33. The first-order valence-electron chi connectivity index (χ1n) is 13.2. The van der Waals surface area contributed by atoms with E-state index in [9.17, 15) is 22.4 Å². The zero-order chi connectivity index (χ0) is 29.1. The predicted octanol–water partition coefficient (Wildman–Crippen LogP) is 4.75. The Morgan fingerprint density at radius 3 is 2.30 bits per heavy atom. The Hall–Kier alpha value is -3.92. The van der Waals surface area contributed by atoms with Crippen LogP contribution in [-0.4, -0.2) is 51.4 Å². The number of hydrogen-bond donors (Lipinski definition) is 1. The number of carbonyl (C=O) groups is 2. The molecule has 40 heavy (non-hydrogen) atoms. The largest absolute Gasteiger partial charge is 0.497 e. The first-order chi connectivity index (χ1) is 19.2. The number of hydrogen-bond acceptors (Lipinski definition) is 5. The Kier molecular flexibility index (Phi) is 11.1. The van der Waals surface area contributed by atoms with E-state index >= 15 is 0 Å². The van der Waals surface area contributed by atoms with Crippen molar-refractivity contribution in [2.75, 3.05) is 24.5 Å². The van der Waals surface area contributed by atoms with E-state index in [4.69, 9.17) is 4.74 Å². The van der Waals surface area contributed by atoms with E-state index < -0.39 is 34.3 Å². The summed E-state index contributed by atoms with van der Waals surface area (Å²) in [5.74, 6) is -0.851. The first kappa shape index (κ1) is 30.6. The second-order valence-electron chi connectivity index (χ2n) is 9.24. The maximum atomic E-state index is 14.0. The van der Waals surface area contributed by atoms with Gasteiger partial charge >= 0.3 is 0 Å². The summed E-state index contributed by atoms with van der Waals surface area (Å²) in [6.07, 6.45) is 2.02. The molecule has 3 aromatic rings. The summed E-state index contributed by atoms with van der Waals surface area (Å²) in [5.41, 5.74) is 0.988. The van der Waals surface area contributed by atoms with Crippen molar-refractivity contribution in [3.8, 4) is 5.75 Å². The Bertz CT molecular complexity index is 1370. The molecular formula is C30H36FN3O5S. The third kappa shape index (κ3) is 7.81. The van der Waals surface area contributed by atoms with Gasteiger partial charge in [0.25, 0.3) is 10.0 Å². The number of nitrogens with one attached hydrogen (secondary N) is 1. The van der Waals surface area contributed by atoms with Gasteiger partial charge in [-0.25, -0.2) is 12.8 Å². The van der Waals surface area contributed by atoms with E-state index in [-0.39, 0.29) is 23.0 Å². The molecule has 8 nitrogen and oxygen atoms in total. The number of methoxy groups -OCH3 is 1. The summed E-state index contributed by atoms with van der Waals surface area (Å²) >= 11 is 0. The summed E-state index contributed by atoms with van der Waals surface area (Å²) in [6.45, 7) is 3.80. The molecule has 3 rings (SSSR count). The monoisotopic (exact) mass is 569 g/mol. The van der Waals surface area contributed by atoms with Crippen molar-refractivity contribution in [1.29, 1.82) is 0 Å². The molecule has 0 saturated carbocycles. The lowest BCUT2D eigenvalue weighted by atomic mass is 10.1. The second kappa shape index (κ2) is 14.5. The predicted molar refractivity (Wildman–Crippen MR) is 153 cm³/mol. The molecule has 0 aliphatic carbocycles. The highest BCUT2D eigenvalue weighted by atomic mass is 32.2. The van der Waals surface area contributed by atoms with Crippen LogP contribution in [0.4, 0.5) is 10.1 Å². The van der Waals surface area contributed by atoms with Crippen LogP contribution in [0.3, 0.4) is 0 Å². The Morgan fingerprint density at radius 1 is 0.975 bits per heavy atom. The van der Waals surface area contributed by atoms with Crippen molar-refractivity contribution in [2.24, 2.45) is 0 Å². The second-order valence-corrected chi connectivity index (χ2v) is 11.1. The van der Waals surface area contributed by atoms with Gasteiger partial charge in [0.1, 0.15) is 24.2 Å². The number of amides is 2. The van der Waals surface area contributed by atoms with Gasteiger partial charge in [-0.2, -0.15) is 0 Å². The van der Waals surface area contributed by atoms with Crippen LogP contribution in [0.5, 0.6) is 5.75 Å². The zero-order valence-electron chi connectivity index (χ0n) is 23.0. The van der Waals surface area contributed by atoms with Gasteiger partial charge in [0.15, 0.2) is 0 Å². The number of unbranched alkanes of at least 4 members (excludes halogenated alkanes) is 1. The van der Waals surface area contributed by atoms with Gasteiger partial charge in [0, 0.05) is 13.1 Å². The van der Waals surface area contributed by atoms with Crippen LogP contribution < -0.4 is 14.4 Å². The fourth-order valence-corrected chi connectivity index (χ4v) is 5.66. The topological polar surface area (TPSA) is 96.0 Å². The molecule has 0 radical (unpaired) electrons. The Morgan fingerprint density at radius 2 is 1.68 bits per heavy atom. The fourth-order valence-electron chi connectivity index (χ4n) is 4.25. The number of carbonyl (C=O) groups excluding carboxylic acids is 2. The molecule has 0 aromatic heterocycles. The molecule has 2 amide bonds. The fraction of sp³-hybridized carbons (Fsp3) is 0.333. The summed E-state index contributed by atoms with van der Waals surface area (Å²) in [5, 5.41) is 2.90. The third-order valence-corrected chi connectivity index (χ3v) is 8.22. The van der Waals surface area contributed by atoms with E-state index in [0.717, 1.165) is 47.0 Å². The first-order valence-corrected chi connectivity index (χ1v) is 14.7. The molecule has 0 fully saturated rings. The van der Waals surface area contributed by atoms with E-state index in [2.05, 4.69) is 5.32 Å². The van der Waals surface area contributed by atoms with Gasteiger partial charge in [0.05, 0.1) is 17.7 Å². The van der Waals surface area contributed by atoms with Crippen molar-refractivity contribution in [3.05, 3.63) is 90.2 Å². The lowest BCUT2D eigenvalue weighted by molar-refractivity contribution is -0.140. The third-order valence-electron chi connectivity index (χ3n) is 6.43. The molecule has 3 aromatic carbocycles. The number of halogens is 1.